The molecule has 0 saturated carbocycles. The Hall–Kier alpha value is -2.52. The highest BCUT2D eigenvalue weighted by molar-refractivity contribution is 7.15. The van der Waals surface area contributed by atoms with Crippen molar-refractivity contribution in [2.45, 2.75) is 63.8 Å². The second-order valence-corrected chi connectivity index (χ2v) is 9.93. The molecule has 4 rings (SSSR count). The lowest BCUT2D eigenvalue weighted by molar-refractivity contribution is -0.149. The molecule has 2 saturated heterocycles. The molecular formula is C24H33N5O3S. The first-order valence-electron chi connectivity index (χ1n) is 12.0. The van der Waals surface area contributed by atoms with Gasteiger partial charge in [-0.25, -0.2) is 9.97 Å². The van der Waals surface area contributed by atoms with Crippen molar-refractivity contribution in [3.05, 3.63) is 35.0 Å². The number of hydrogen-bond donors (Lipinski definition) is 2. The minimum absolute atomic E-state index is 0.0185. The Balaban J connectivity index is 1.35. The summed E-state index contributed by atoms with van der Waals surface area (Å²) in [4.78, 5) is 39.2. The maximum atomic E-state index is 13.2. The van der Waals surface area contributed by atoms with E-state index in [1.807, 2.05) is 23.2 Å². The van der Waals surface area contributed by atoms with Crippen LogP contribution in [0.15, 0.2) is 24.4 Å². The third-order valence-corrected chi connectivity index (χ3v) is 7.50. The predicted octanol–water partition coefficient (Wildman–Crippen LogP) is 3.31. The molecule has 2 N–H and O–H groups in total. The number of nitrogens with zero attached hydrogens (tertiary/aromatic N) is 4. The molecule has 2 amide bonds. The van der Waals surface area contributed by atoms with Gasteiger partial charge in [0.15, 0.2) is 5.13 Å². The summed E-state index contributed by atoms with van der Waals surface area (Å²) in [6.07, 6.45) is 8.26. The van der Waals surface area contributed by atoms with Crippen LogP contribution in [0, 0.1) is 0 Å². The number of likely N-dealkylation sites (tertiary alicyclic amines) is 2. The number of aliphatic hydroxyl groups excluding tert-OH is 1. The van der Waals surface area contributed by atoms with Gasteiger partial charge in [-0.1, -0.05) is 19.4 Å². The highest BCUT2D eigenvalue weighted by Crippen LogP contribution is 2.30. The summed E-state index contributed by atoms with van der Waals surface area (Å²) in [5.41, 5.74) is 1.03. The summed E-state index contributed by atoms with van der Waals surface area (Å²) in [7, 11) is 0. The number of rotatable bonds is 7. The molecule has 1 atom stereocenters. The van der Waals surface area contributed by atoms with E-state index in [9.17, 15) is 14.7 Å². The molecule has 2 fully saturated rings. The van der Waals surface area contributed by atoms with Crippen LogP contribution >= 0.6 is 11.3 Å². The Bertz CT molecular complexity index is 957. The van der Waals surface area contributed by atoms with Crippen LogP contribution in [0.3, 0.4) is 0 Å². The van der Waals surface area contributed by atoms with Crippen LogP contribution in [0.1, 0.15) is 61.9 Å². The maximum Gasteiger partial charge on any atom is 0.248 e. The maximum absolute atomic E-state index is 13.2. The minimum Gasteiger partial charge on any atom is -0.387 e. The highest BCUT2D eigenvalue weighted by Gasteiger charge is 2.36. The number of nitrogens with one attached hydrogen (secondary N) is 1. The van der Waals surface area contributed by atoms with Gasteiger partial charge in [-0.05, 0) is 50.7 Å². The average molecular weight is 472 g/mol. The molecule has 178 valence electrons. The fourth-order valence-corrected chi connectivity index (χ4v) is 5.69. The van der Waals surface area contributed by atoms with E-state index in [0.29, 0.717) is 32.0 Å². The first-order chi connectivity index (χ1) is 16.1. The molecule has 2 aromatic heterocycles. The summed E-state index contributed by atoms with van der Waals surface area (Å²) in [6.45, 7) is 3.50. The van der Waals surface area contributed by atoms with Crippen molar-refractivity contribution >= 4 is 34.1 Å². The number of aliphatic hydroxyl groups is 1. The zero-order valence-corrected chi connectivity index (χ0v) is 20.0. The molecule has 33 heavy (non-hydrogen) atoms. The topological polar surface area (TPSA) is 98.7 Å². The van der Waals surface area contributed by atoms with Crippen LogP contribution in [0.2, 0.25) is 0 Å². The van der Waals surface area contributed by atoms with E-state index in [-0.39, 0.29) is 11.8 Å². The molecule has 2 aliphatic rings. The largest absolute Gasteiger partial charge is 0.387 e. The number of thiazole rings is 1. The molecule has 0 spiro atoms. The van der Waals surface area contributed by atoms with Gasteiger partial charge >= 0.3 is 0 Å². The van der Waals surface area contributed by atoms with Crippen LogP contribution in [-0.2, 0) is 16.0 Å². The van der Waals surface area contributed by atoms with Crippen molar-refractivity contribution in [1.82, 2.24) is 19.8 Å². The van der Waals surface area contributed by atoms with Gasteiger partial charge in [0.2, 0.25) is 11.8 Å². The minimum atomic E-state index is -0.539. The van der Waals surface area contributed by atoms with E-state index in [1.165, 1.54) is 4.88 Å². The molecule has 2 aromatic rings. The Labute approximate surface area is 199 Å². The summed E-state index contributed by atoms with van der Waals surface area (Å²) in [5.74, 6) is 0.761. The highest BCUT2D eigenvalue weighted by atomic mass is 32.1. The molecule has 0 radical (unpaired) electrons. The van der Waals surface area contributed by atoms with E-state index < -0.39 is 12.6 Å². The van der Waals surface area contributed by atoms with Crippen LogP contribution in [0.5, 0.6) is 0 Å². The first kappa shape index (κ1) is 23.6. The van der Waals surface area contributed by atoms with Crippen molar-refractivity contribution < 1.29 is 14.7 Å². The zero-order valence-electron chi connectivity index (χ0n) is 19.2. The number of hydrogen-bond acceptors (Lipinski definition) is 7. The molecule has 0 aliphatic carbocycles. The number of pyridine rings is 1. The summed E-state index contributed by atoms with van der Waals surface area (Å²) >= 11 is 1.66. The lowest BCUT2D eigenvalue weighted by atomic mass is 9.92. The predicted molar refractivity (Wildman–Crippen MR) is 129 cm³/mol. The first-order valence-corrected chi connectivity index (χ1v) is 12.8. The Kier molecular flexibility index (Phi) is 7.93. The van der Waals surface area contributed by atoms with Crippen molar-refractivity contribution in [1.29, 1.82) is 0 Å². The Morgan fingerprint density at radius 1 is 1.18 bits per heavy atom. The van der Waals surface area contributed by atoms with E-state index in [1.54, 1.807) is 16.2 Å². The number of carbonyl (C=O) groups is 2. The SMILES string of the molecule is CCCc1cnc(Nc2cccc(C3CCN(C(=O)C4CCCCN4C(=O)CO)CC3)n2)s1. The standard InChI is InChI=1S/C24H33N5O3S/c1-2-6-18-15-25-24(33-18)27-21-9-5-7-19(26-21)17-10-13-28(14-11-17)23(32)20-8-3-4-12-29(20)22(31)16-30/h5,7,9,15,17,20,30H,2-4,6,8,10-14,16H2,1H3,(H,25,26,27). The molecule has 8 nitrogen and oxygen atoms in total. The molecule has 0 bridgehead atoms. The number of carbonyl (C=O) groups excluding carboxylic acids is 2. The number of anilines is 2. The average Bonchev–Trinajstić information content (AvgIpc) is 3.30. The molecular weight excluding hydrogens is 438 g/mol. The van der Waals surface area contributed by atoms with Crippen molar-refractivity contribution in [2.75, 3.05) is 31.6 Å². The fourth-order valence-electron chi connectivity index (χ4n) is 4.77. The lowest BCUT2D eigenvalue weighted by Crippen LogP contribution is -2.54. The molecule has 9 heteroatoms. The Morgan fingerprint density at radius 3 is 2.76 bits per heavy atom. The number of piperidine rings is 2. The van der Waals surface area contributed by atoms with Crippen LogP contribution in [-0.4, -0.2) is 69.0 Å². The second kappa shape index (κ2) is 11.1. The van der Waals surface area contributed by atoms with Gasteiger partial charge in [0.05, 0.1) is 0 Å². The number of amides is 2. The zero-order chi connectivity index (χ0) is 23.2. The molecule has 4 heterocycles. The number of aryl methyl sites for hydroxylation is 1. The van der Waals surface area contributed by atoms with E-state index in [2.05, 4.69) is 23.3 Å². The van der Waals surface area contributed by atoms with Gasteiger partial charge in [0.1, 0.15) is 18.5 Å². The summed E-state index contributed by atoms with van der Waals surface area (Å²) < 4.78 is 0. The van der Waals surface area contributed by atoms with E-state index in [4.69, 9.17) is 4.98 Å². The molecule has 0 aromatic carbocycles. The third kappa shape index (κ3) is 5.70. The summed E-state index contributed by atoms with van der Waals surface area (Å²) in [6, 6.07) is 5.60. The molecule has 2 aliphatic heterocycles. The monoisotopic (exact) mass is 471 g/mol. The van der Waals surface area contributed by atoms with Gasteiger partial charge < -0.3 is 20.2 Å². The van der Waals surface area contributed by atoms with E-state index in [0.717, 1.165) is 55.2 Å². The normalized spacial score (nSPS) is 19.5. The van der Waals surface area contributed by atoms with Gasteiger partial charge in [-0.2, -0.15) is 0 Å². The van der Waals surface area contributed by atoms with Crippen LogP contribution in [0.4, 0.5) is 10.9 Å². The van der Waals surface area contributed by atoms with Gasteiger partial charge in [-0.15, -0.1) is 11.3 Å². The molecule has 1 unspecified atom stereocenters. The van der Waals surface area contributed by atoms with Crippen molar-refractivity contribution in [2.24, 2.45) is 0 Å². The van der Waals surface area contributed by atoms with Gasteiger partial charge in [0, 0.05) is 42.3 Å². The smallest absolute Gasteiger partial charge is 0.248 e. The van der Waals surface area contributed by atoms with Gasteiger partial charge in [0.25, 0.3) is 0 Å². The quantitative estimate of drug-likeness (QED) is 0.643. The fraction of sp³-hybridized carbons (Fsp3) is 0.583. The Morgan fingerprint density at radius 2 is 2.00 bits per heavy atom. The van der Waals surface area contributed by atoms with Crippen molar-refractivity contribution in [3.63, 3.8) is 0 Å². The van der Waals surface area contributed by atoms with Crippen molar-refractivity contribution in [3.8, 4) is 0 Å². The second-order valence-electron chi connectivity index (χ2n) is 8.81. The lowest BCUT2D eigenvalue weighted by Gasteiger charge is -2.39. The van der Waals surface area contributed by atoms with E-state index >= 15 is 0 Å². The van der Waals surface area contributed by atoms with Crippen LogP contribution < -0.4 is 5.32 Å². The summed E-state index contributed by atoms with van der Waals surface area (Å²) in [5, 5.41) is 13.5. The number of aromatic nitrogens is 2. The third-order valence-electron chi connectivity index (χ3n) is 6.52. The van der Waals surface area contributed by atoms with Crippen LogP contribution in [0.25, 0.3) is 0 Å². The van der Waals surface area contributed by atoms with Gasteiger partial charge in [-0.3, -0.25) is 9.59 Å².